The zero-order valence-corrected chi connectivity index (χ0v) is 14.0. The molecule has 0 aliphatic heterocycles. The van der Waals surface area contributed by atoms with Crippen molar-refractivity contribution in [3.05, 3.63) is 43.3 Å². The highest BCUT2D eigenvalue weighted by molar-refractivity contribution is 9.11. The number of nitrogens with two attached hydrogens (primary N) is 1. The van der Waals surface area contributed by atoms with Crippen LogP contribution in [0, 0.1) is 0 Å². The Balaban J connectivity index is 2.40. The first-order chi connectivity index (χ1) is 9.01. The van der Waals surface area contributed by atoms with E-state index in [1.165, 1.54) is 0 Å². The van der Waals surface area contributed by atoms with Crippen LogP contribution in [0.5, 0.6) is 0 Å². The van der Waals surface area contributed by atoms with E-state index >= 15 is 0 Å². The predicted octanol–water partition coefficient (Wildman–Crippen LogP) is 4.94. The second-order valence-corrected chi connectivity index (χ2v) is 6.13. The van der Waals surface area contributed by atoms with Crippen LogP contribution in [0.3, 0.4) is 0 Å². The van der Waals surface area contributed by atoms with Crippen molar-refractivity contribution in [2.75, 3.05) is 10.7 Å². The normalized spacial score (nSPS) is 10.4. The third-order valence-electron chi connectivity index (χ3n) is 2.25. The molecule has 0 unspecified atom stereocenters. The number of benzene rings is 1. The zero-order chi connectivity index (χ0) is 14.0. The summed E-state index contributed by atoms with van der Waals surface area (Å²) in [7, 11) is 0. The molecule has 1 aromatic carbocycles. The first-order valence-electron chi connectivity index (χ1n) is 5.06. The van der Waals surface area contributed by atoms with Crippen molar-refractivity contribution in [1.29, 1.82) is 0 Å². The summed E-state index contributed by atoms with van der Waals surface area (Å²) in [5.74, 6) is 6.14. The second-order valence-electron chi connectivity index (χ2n) is 3.54. The number of pyridine rings is 1. The lowest BCUT2D eigenvalue weighted by molar-refractivity contribution is 1.22. The fraction of sp³-hybridized carbons (Fsp3) is 0. The van der Waals surface area contributed by atoms with Gasteiger partial charge in [0, 0.05) is 8.95 Å². The average molecular weight is 427 g/mol. The number of hydrazine groups is 1. The van der Waals surface area contributed by atoms with Gasteiger partial charge >= 0.3 is 0 Å². The lowest BCUT2D eigenvalue weighted by Crippen LogP contribution is -2.10. The quantitative estimate of drug-likeness (QED) is 0.480. The number of aromatic nitrogens is 1. The van der Waals surface area contributed by atoms with Crippen LogP contribution < -0.4 is 16.6 Å². The van der Waals surface area contributed by atoms with E-state index in [-0.39, 0.29) is 0 Å². The Morgan fingerprint density at radius 1 is 1.05 bits per heavy atom. The molecule has 0 atom stereocenters. The fourth-order valence-corrected chi connectivity index (χ4v) is 2.54. The molecule has 0 aliphatic carbocycles. The van der Waals surface area contributed by atoms with Gasteiger partial charge in [0.25, 0.3) is 0 Å². The Morgan fingerprint density at radius 2 is 1.74 bits per heavy atom. The van der Waals surface area contributed by atoms with E-state index in [4.69, 9.17) is 29.0 Å². The molecule has 1 heterocycles. The highest BCUT2D eigenvalue weighted by Crippen LogP contribution is 2.33. The van der Waals surface area contributed by atoms with Gasteiger partial charge in [0.15, 0.2) is 11.6 Å². The number of halogens is 4. The molecule has 0 spiro atoms. The minimum Gasteiger partial charge on any atom is -0.338 e. The van der Waals surface area contributed by atoms with Crippen molar-refractivity contribution in [2.24, 2.45) is 5.84 Å². The summed E-state index contributed by atoms with van der Waals surface area (Å²) in [5.41, 5.74) is 3.23. The molecular weight excluding hydrogens is 419 g/mol. The van der Waals surface area contributed by atoms with E-state index in [0.717, 1.165) is 14.6 Å². The van der Waals surface area contributed by atoms with Crippen molar-refractivity contribution < 1.29 is 0 Å². The van der Waals surface area contributed by atoms with Crippen LogP contribution in [-0.2, 0) is 0 Å². The lowest BCUT2D eigenvalue weighted by atomic mass is 10.3. The van der Waals surface area contributed by atoms with Crippen LogP contribution in [-0.4, -0.2) is 4.98 Å². The number of anilines is 3. The summed E-state index contributed by atoms with van der Waals surface area (Å²) in [5, 5.41) is 3.86. The summed E-state index contributed by atoms with van der Waals surface area (Å²) < 4.78 is 1.81. The molecule has 100 valence electrons. The second kappa shape index (κ2) is 6.28. The third kappa shape index (κ3) is 3.52. The van der Waals surface area contributed by atoms with Crippen LogP contribution in [0.1, 0.15) is 0 Å². The maximum absolute atomic E-state index is 6.10. The van der Waals surface area contributed by atoms with Gasteiger partial charge in [-0.1, -0.05) is 39.1 Å². The highest BCUT2D eigenvalue weighted by atomic mass is 79.9. The number of nitrogen functional groups attached to an aromatic ring is 1. The van der Waals surface area contributed by atoms with Gasteiger partial charge in [-0.2, -0.15) is 0 Å². The van der Waals surface area contributed by atoms with Gasteiger partial charge in [-0.15, -0.1) is 0 Å². The number of hydrogen-bond acceptors (Lipinski definition) is 4. The number of hydrogen-bond donors (Lipinski definition) is 3. The van der Waals surface area contributed by atoms with Crippen LogP contribution in [0.25, 0.3) is 0 Å². The van der Waals surface area contributed by atoms with Crippen molar-refractivity contribution in [3.8, 4) is 0 Å². The molecular formula is C11H8Br2Cl2N4. The van der Waals surface area contributed by atoms with Crippen LogP contribution in [0.2, 0.25) is 10.0 Å². The van der Waals surface area contributed by atoms with E-state index in [2.05, 4.69) is 47.6 Å². The minimum atomic E-state index is 0.347. The first kappa shape index (κ1) is 14.9. The smallest absolute Gasteiger partial charge is 0.161 e. The Kier molecular flexibility index (Phi) is 4.92. The van der Waals surface area contributed by atoms with Gasteiger partial charge in [-0.3, -0.25) is 0 Å². The van der Waals surface area contributed by atoms with E-state index < -0.39 is 0 Å². The molecule has 4 N–H and O–H groups in total. The van der Waals surface area contributed by atoms with Crippen molar-refractivity contribution >= 4 is 72.4 Å². The molecule has 1 aromatic heterocycles. The van der Waals surface area contributed by atoms with E-state index in [1.54, 1.807) is 6.07 Å². The average Bonchev–Trinajstić information content (AvgIpc) is 2.37. The zero-order valence-electron chi connectivity index (χ0n) is 9.35. The Hall–Kier alpha value is -0.530. The first-order valence-corrected chi connectivity index (χ1v) is 7.40. The summed E-state index contributed by atoms with van der Waals surface area (Å²) in [6, 6.07) is 7.28. The molecule has 19 heavy (non-hydrogen) atoms. The fourth-order valence-electron chi connectivity index (χ4n) is 1.38. The van der Waals surface area contributed by atoms with E-state index in [0.29, 0.717) is 21.7 Å². The summed E-state index contributed by atoms with van der Waals surface area (Å²) in [6.07, 6.45) is 0. The monoisotopic (exact) mass is 424 g/mol. The standard InChI is InChI=1S/C11H8Br2Cl2N4/c12-5-1-2-6(13)9(3-5)17-10-7(14)4-8(15)11(18-10)19-16/h1-4H,16H2,(H2,17,18,19). The van der Waals surface area contributed by atoms with Crippen LogP contribution in [0.4, 0.5) is 17.3 Å². The van der Waals surface area contributed by atoms with Gasteiger partial charge in [0.05, 0.1) is 15.7 Å². The van der Waals surface area contributed by atoms with E-state index in [1.807, 2.05) is 18.2 Å². The summed E-state index contributed by atoms with van der Waals surface area (Å²) >= 11 is 18.9. The molecule has 2 rings (SSSR count). The van der Waals surface area contributed by atoms with Gasteiger partial charge in [-0.25, -0.2) is 10.8 Å². The Morgan fingerprint density at radius 3 is 2.42 bits per heavy atom. The highest BCUT2D eigenvalue weighted by Gasteiger charge is 2.10. The van der Waals surface area contributed by atoms with Gasteiger partial charge in [0.2, 0.25) is 0 Å². The molecule has 2 aromatic rings. The Labute approximate surface area is 136 Å². The van der Waals surface area contributed by atoms with Gasteiger partial charge < -0.3 is 10.7 Å². The molecule has 0 fully saturated rings. The molecule has 4 nitrogen and oxygen atoms in total. The van der Waals surface area contributed by atoms with Crippen molar-refractivity contribution in [2.45, 2.75) is 0 Å². The number of nitrogens with zero attached hydrogens (tertiary/aromatic N) is 1. The molecule has 0 saturated heterocycles. The molecule has 8 heteroatoms. The van der Waals surface area contributed by atoms with Crippen LogP contribution in [0.15, 0.2) is 33.2 Å². The molecule has 0 amide bonds. The van der Waals surface area contributed by atoms with Gasteiger partial charge in [-0.05, 0) is 40.2 Å². The molecule has 0 aliphatic rings. The number of rotatable bonds is 3. The molecule has 0 radical (unpaired) electrons. The van der Waals surface area contributed by atoms with Crippen molar-refractivity contribution in [1.82, 2.24) is 4.98 Å². The number of nitrogens with one attached hydrogen (secondary N) is 2. The van der Waals surface area contributed by atoms with Crippen molar-refractivity contribution in [3.63, 3.8) is 0 Å². The predicted molar refractivity (Wildman–Crippen MR) is 87.2 cm³/mol. The SMILES string of the molecule is NNc1nc(Nc2cc(Br)ccc2Br)c(Cl)cc1Cl. The lowest BCUT2D eigenvalue weighted by Gasteiger charge is -2.12. The molecule has 0 saturated carbocycles. The topological polar surface area (TPSA) is 63.0 Å². The van der Waals surface area contributed by atoms with Crippen LogP contribution >= 0.6 is 55.1 Å². The maximum Gasteiger partial charge on any atom is 0.161 e. The molecule has 0 bridgehead atoms. The van der Waals surface area contributed by atoms with Gasteiger partial charge in [0.1, 0.15) is 0 Å². The Bertz CT molecular complexity index is 622. The largest absolute Gasteiger partial charge is 0.338 e. The maximum atomic E-state index is 6.10. The summed E-state index contributed by atoms with van der Waals surface area (Å²) in [4.78, 5) is 4.21. The third-order valence-corrected chi connectivity index (χ3v) is 4.01. The minimum absolute atomic E-state index is 0.347. The van der Waals surface area contributed by atoms with E-state index in [9.17, 15) is 0 Å². The summed E-state index contributed by atoms with van der Waals surface area (Å²) in [6.45, 7) is 0.